The largest absolute Gasteiger partial charge is 0.345 e. The number of fused-ring (bicyclic) bond motifs is 1. The molecule has 0 fully saturated rings. The lowest BCUT2D eigenvalue weighted by molar-refractivity contribution is -0.131. The predicted octanol–water partition coefficient (Wildman–Crippen LogP) is 2.33. The van der Waals surface area contributed by atoms with Crippen LogP contribution in [0.25, 0.3) is 0 Å². The molecule has 1 aromatic carbocycles. The fourth-order valence-electron chi connectivity index (χ4n) is 2.29. The van der Waals surface area contributed by atoms with Crippen LogP contribution in [0.2, 0.25) is 0 Å². The van der Waals surface area contributed by atoms with Gasteiger partial charge in [0.15, 0.2) is 0 Å². The Bertz CT molecular complexity index is 450. The molecule has 19 heavy (non-hydrogen) atoms. The van der Waals surface area contributed by atoms with Gasteiger partial charge in [0, 0.05) is 36.7 Å². The summed E-state index contributed by atoms with van der Waals surface area (Å²) in [6, 6.07) is 8.45. The smallest absolute Gasteiger partial charge is 0.239 e. The van der Waals surface area contributed by atoms with E-state index in [1.54, 1.807) is 4.90 Å². The molecule has 2 atom stereocenters. The third-order valence-corrected chi connectivity index (χ3v) is 4.94. The minimum atomic E-state index is -0.109. The number of hydrogen-bond donors (Lipinski definition) is 1. The highest BCUT2D eigenvalue weighted by molar-refractivity contribution is 7.99. The van der Waals surface area contributed by atoms with Crippen LogP contribution in [-0.4, -0.2) is 42.7 Å². The maximum Gasteiger partial charge on any atom is 0.239 e. The zero-order valence-corrected chi connectivity index (χ0v) is 12.7. The monoisotopic (exact) mass is 278 g/mol. The van der Waals surface area contributed by atoms with E-state index < -0.39 is 0 Å². The lowest BCUT2D eigenvalue weighted by Crippen LogP contribution is -2.44. The molecule has 1 aromatic rings. The van der Waals surface area contributed by atoms with Crippen LogP contribution < -0.4 is 5.32 Å². The molecule has 0 bridgehead atoms. The number of benzene rings is 1. The molecule has 0 saturated carbocycles. The third-order valence-electron chi connectivity index (χ3n) is 3.69. The molecular weight excluding hydrogens is 256 g/mol. The number of carbonyl (C=O) groups excluding carboxylic acids is 1. The van der Waals surface area contributed by atoms with Gasteiger partial charge in [0.25, 0.3) is 0 Å². The van der Waals surface area contributed by atoms with Gasteiger partial charge in [-0.25, -0.2) is 0 Å². The number of rotatable bonds is 5. The molecule has 0 saturated heterocycles. The van der Waals surface area contributed by atoms with Crippen molar-refractivity contribution in [2.75, 3.05) is 25.9 Å². The molecule has 2 unspecified atom stereocenters. The molecule has 0 spiro atoms. The Morgan fingerprint density at radius 1 is 1.53 bits per heavy atom. The number of likely N-dealkylation sites (N-methyl/N-ethyl adjacent to an activating group) is 1. The summed E-state index contributed by atoms with van der Waals surface area (Å²) in [4.78, 5) is 15.1. The Hall–Kier alpha value is -1.00. The maximum absolute atomic E-state index is 12.0. The molecule has 1 heterocycles. The Morgan fingerprint density at radius 2 is 2.26 bits per heavy atom. The molecule has 1 aliphatic rings. The van der Waals surface area contributed by atoms with Crippen LogP contribution in [0, 0.1) is 0 Å². The van der Waals surface area contributed by atoms with E-state index in [0.717, 1.165) is 18.8 Å². The van der Waals surface area contributed by atoms with Crippen LogP contribution in [0.1, 0.15) is 25.3 Å². The molecule has 1 N–H and O–H groups in total. The summed E-state index contributed by atoms with van der Waals surface area (Å²) in [7, 11) is 1.85. The summed E-state index contributed by atoms with van der Waals surface area (Å²) < 4.78 is 0. The van der Waals surface area contributed by atoms with Crippen molar-refractivity contribution in [3.05, 3.63) is 29.8 Å². The first-order valence-corrected chi connectivity index (χ1v) is 7.82. The van der Waals surface area contributed by atoms with Crippen molar-refractivity contribution < 1.29 is 4.79 Å². The summed E-state index contributed by atoms with van der Waals surface area (Å²) in [5, 5.41) is 3.38. The highest BCUT2D eigenvalue weighted by Crippen LogP contribution is 2.38. The van der Waals surface area contributed by atoms with Gasteiger partial charge in [-0.2, -0.15) is 0 Å². The van der Waals surface area contributed by atoms with Gasteiger partial charge in [-0.15, -0.1) is 11.8 Å². The first kappa shape index (κ1) is 14.4. The SMILES string of the molecule is CCN(C)C(=O)C(C)NCC1CSc2ccccc21. The fraction of sp³-hybridized carbons (Fsp3) is 0.533. The van der Waals surface area contributed by atoms with Crippen LogP contribution in [0.3, 0.4) is 0 Å². The average molecular weight is 278 g/mol. The van der Waals surface area contributed by atoms with Gasteiger partial charge >= 0.3 is 0 Å². The van der Waals surface area contributed by atoms with E-state index in [1.165, 1.54) is 10.5 Å². The first-order chi connectivity index (χ1) is 9.13. The summed E-state index contributed by atoms with van der Waals surface area (Å²) in [5.74, 6) is 1.79. The van der Waals surface area contributed by atoms with E-state index in [2.05, 4.69) is 29.6 Å². The van der Waals surface area contributed by atoms with Crippen LogP contribution in [0.4, 0.5) is 0 Å². The van der Waals surface area contributed by atoms with Crippen LogP contribution in [0.15, 0.2) is 29.2 Å². The number of amides is 1. The van der Waals surface area contributed by atoms with Crippen LogP contribution in [0.5, 0.6) is 0 Å². The van der Waals surface area contributed by atoms with Crippen molar-refractivity contribution >= 4 is 17.7 Å². The second kappa shape index (κ2) is 6.44. The van der Waals surface area contributed by atoms with Gasteiger partial charge in [-0.3, -0.25) is 4.79 Å². The topological polar surface area (TPSA) is 32.3 Å². The average Bonchev–Trinajstić information content (AvgIpc) is 2.86. The highest BCUT2D eigenvalue weighted by Gasteiger charge is 2.24. The molecule has 3 nitrogen and oxygen atoms in total. The van der Waals surface area contributed by atoms with E-state index in [4.69, 9.17) is 0 Å². The molecule has 0 aromatic heterocycles. The zero-order valence-electron chi connectivity index (χ0n) is 11.8. The molecular formula is C15H22N2OS. The summed E-state index contributed by atoms with van der Waals surface area (Å²) in [5.41, 5.74) is 1.42. The van der Waals surface area contributed by atoms with Crippen LogP contribution >= 0.6 is 11.8 Å². The normalized spacial score (nSPS) is 19.0. The standard InChI is InChI=1S/C15H22N2OS/c1-4-17(3)15(18)11(2)16-9-12-10-19-14-8-6-5-7-13(12)14/h5-8,11-12,16H,4,9-10H2,1-3H3. The maximum atomic E-state index is 12.0. The molecule has 104 valence electrons. The van der Waals surface area contributed by atoms with Gasteiger partial charge in [-0.1, -0.05) is 18.2 Å². The Morgan fingerprint density at radius 3 is 3.00 bits per heavy atom. The second-order valence-electron chi connectivity index (χ2n) is 5.03. The van der Waals surface area contributed by atoms with Gasteiger partial charge in [0.1, 0.15) is 0 Å². The molecule has 0 aliphatic carbocycles. The third kappa shape index (κ3) is 3.31. The molecule has 0 radical (unpaired) electrons. The first-order valence-electron chi connectivity index (χ1n) is 6.83. The van der Waals surface area contributed by atoms with E-state index >= 15 is 0 Å². The fourth-order valence-corrected chi connectivity index (χ4v) is 3.55. The molecule has 2 rings (SSSR count). The van der Waals surface area contributed by atoms with E-state index in [0.29, 0.717) is 5.92 Å². The number of nitrogens with one attached hydrogen (secondary N) is 1. The molecule has 4 heteroatoms. The Balaban J connectivity index is 1.89. The van der Waals surface area contributed by atoms with Gasteiger partial charge < -0.3 is 10.2 Å². The van der Waals surface area contributed by atoms with Crippen molar-refractivity contribution in [3.8, 4) is 0 Å². The predicted molar refractivity (Wildman–Crippen MR) is 80.7 cm³/mol. The highest BCUT2D eigenvalue weighted by atomic mass is 32.2. The van der Waals surface area contributed by atoms with Crippen molar-refractivity contribution in [2.45, 2.75) is 30.7 Å². The van der Waals surface area contributed by atoms with Crippen LogP contribution in [-0.2, 0) is 4.79 Å². The van der Waals surface area contributed by atoms with Gasteiger partial charge in [0.2, 0.25) is 5.91 Å². The van der Waals surface area contributed by atoms with Gasteiger partial charge in [0.05, 0.1) is 6.04 Å². The van der Waals surface area contributed by atoms with Gasteiger partial charge in [-0.05, 0) is 25.5 Å². The minimum Gasteiger partial charge on any atom is -0.345 e. The number of hydrogen-bond acceptors (Lipinski definition) is 3. The summed E-state index contributed by atoms with van der Waals surface area (Å²) in [6.07, 6.45) is 0. The van der Waals surface area contributed by atoms with E-state index in [9.17, 15) is 4.79 Å². The second-order valence-corrected chi connectivity index (χ2v) is 6.09. The lowest BCUT2D eigenvalue weighted by Gasteiger charge is -2.22. The van der Waals surface area contributed by atoms with Crippen molar-refractivity contribution in [1.82, 2.24) is 10.2 Å². The zero-order chi connectivity index (χ0) is 13.8. The van der Waals surface area contributed by atoms with Crippen molar-refractivity contribution in [2.24, 2.45) is 0 Å². The summed E-state index contributed by atoms with van der Waals surface area (Å²) in [6.45, 7) is 5.57. The quantitative estimate of drug-likeness (QED) is 0.897. The molecule has 1 amide bonds. The number of carbonyl (C=O) groups is 1. The number of thioether (sulfide) groups is 1. The Labute approximate surface area is 119 Å². The number of nitrogens with zero attached hydrogens (tertiary/aromatic N) is 1. The minimum absolute atomic E-state index is 0.109. The summed E-state index contributed by atoms with van der Waals surface area (Å²) >= 11 is 1.91. The van der Waals surface area contributed by atoms with Crippen molar-refractivity contribution in [1.29, 1.82) is 0 Å². The molecule has 1 aliphatic heterocycles. The van der Waals surface area contributed by atoms with E-state index in [-0.39, 0.29) is 11.9 Å². The lowest BCUT2D eigenvalue weighted by atomic mass is 10.0. The van der Waals surface area contributed by atoms with Crippen molar-refractivity contribution in [3.63, 3.8) is 0 Å². The van der Waals surface area contributed by atoms with E-state index in [1.807, 2.05) is 32.7 Å². The Kier molecular flexibility index (Phi) is 4.88.